The van der Waals surface area contributed by atoms with Gasteiger partial charge in [-0.2, -0.15) is 0 Å². The molecule has 4 nitrogen and oxygen atoms in total. The summed E-state index contributed by atoms with van der Waals surface area (Å²) in [5, 5.41) is 4.23. The van der Waals surface area contributed by atoms with Gasteiger partial charge >= 0.3 is 0 Å². The zero-order valence-corrected chi connectivity index (χ0v) is 9.23. The summed E-state index contributed by atoms with van der Waals surface area (Å²) < 4.78 is 1.87. The molecule has 3 N–H and O–H groups in total. The maximum absolute atomic E-state index is 10.9. The van der Waals surface area contributed by atoms with Crippen molar-refractivity contribution >= 4 is 16.8 Å². The average Bonchev–Trinajstić information content (AvgIpc) is 2.61. The van der Waals surface area contributed by atoms with Crippen LogP contribution in [0.5, 0.6) is 0 Å². The molecule has 0 unspecified atom stereocenters. The van der Waals surface area contributed by atoms with E-state index in [0.29, 0.717) is 0 Å². The van der Waals surface area contributed by atoms with Crippen molar-refractivity contribution < 1.29 is 4.79 Å². The first-order valence-corrected chi connectivity index (χ1v) is 5.21. The topological polar surface area (TPSA) is 60.1 Å². The lowest BCUT2D eigenvalue weighted by Crippen LogP contribution is -2.18. The molecule has 0 radical (unpaired) electrons. The van der Waals surface area contributed by atoms with Crippen molar-refractivity contribution in [2.45, 2.75) is 13.1 Å². The van der Waals surface area contributed by atoms with Crippen LogP contribution in [0.2, 0.25) is 0 Å². The summed E-state index contributed by atoms with van der Waals surface area (Å²) in [5.74, 6) is -0.323. The molecule has 0 aliphatic heterocycles. The number of nitrogens with two attached hydrogens (primary N) is 1. The highest BCUT2D eigenvalue weighted by Gasteiger charge is 2.04. The Morgan fingerprint density at radius 1 is 1.44 bits per heavy atom. The molecule has 0 spiro atoms. The third-order valence-electron chi connectivity index (χ3n) is 2.55. The minimum absolute atomic E-state index is 0.229. The Hall–Kier alpha value is -1.81. The highest BCUT2D eigenvalue weighted by Crippen LogP contribution is 2.17. The minimum Gasteiger partial charge on any atom is -0.368 e. The van der Waals surface area contributed by atoms with Crippen molar-refractivity contribution in [3.63, 3.8) is 0 Å². The Morgan fingerprint density at radius 2 is 2.25 bits per heavy atom. The molecule has 1 amide bonds. The lowest BCUT2D eigenvalue weighted by Gasteiger charge is -2.04. The second-order valence-electron chi connectivity index (χ2n) is 3.83. The van der Waals surface area contributed by atoms with Gasteiger partial charge in [0, 0.05) is 18.3 Å². The number of hydrogen-bond acceptors (Lipinski definition) is 2. The Labute approximate surface area is 94.0 Å². The smallest absolute Gasteiger partial charge is 0.237 e. The van der Waals surface area contributed by atoms with E-state index in [2.05, 4.69) is 23.5 Å². The summed E-state index contributed by atoms with van der Waals surface area (Å²) in [6.45, 7) is 1.05. The summed E-state index contributed by atoms with van der Waals surface area (Å²) in [4.78, 5) is 10.9. The summed E-state index contributed by atoms with van der Waals surface area (Å²) in [6, 6.07) is 8.20. The summed E-state index contributed by atoms with van der Waals surface area (Å²) in [7, 11) is 1.91. The van der Waals surface area contributed by atoms with Gasteiger partial charge in [0.25, 0.3) is 0 Å². The zero-order chi connectivity index (χ0) is 11.5. The van der Waals surface area contributed by atoms with Crippen molar-refractivity contribution in [1.29, 1.82) is 0 Å². The second kappa shape index (κ2) is 4.37. The molecule has 1 aromatic carbocycles. The lowest BCUT2D eigenvalue weighted by molar-refractivity contribution is -0.118. The van der Waals surface area contributed by atoms with Crippen LogP contribution in [-0.2, 0) is 17.9 Å². The second-order valence-corrected chi connectivity index (χ2v) is 3.83. The number of nitrogens with one attached hydrogen (secondary N) is 1. The highest BCUT2D eigenvalue weighted by atomic mass is 16.1. The van der Waals surface area contributed by atoms with E-state index in [9.17, 15) is 4.79 Å². The average molecular weight is 217 g/mol. The van der Waals surface area contributed by atoms with Crippen LogP contribution in [0, 0.1) is 0 Å². The standard InChI is InChI=1S/C12H15N3O/c1-14-7-9-2-3-10-4-5-15(8-12(13)16)11(10)6-9/h2-6,14H,7-8H2,1H3,(H2,13,16). The van der Waals surface area contributed by atoms with Crippen molar-refractivity contribution in [3.05, 3.63) is 36.0 Å². The van der Waals surface area contributed by atoms with Crippen LogP contribution in [0.15, 0.2) is 30.5 Å². The van der Waals surface area contributed by atoms with Crippen LogP contribution >= 0.6 is 0 Å². The molecule has 1 heterocycles. The largest absolute Gasteiger partial charge is 0.368 e. The Morgan fingerprint density at radius 3 is 2.94 bits per heavy atom. The number of primary amides is 1. The third kappa shape index (κ3) is 2.06. The van der Waals surface area contributed by atoms with E-state index in [-0.39, 0.29) is 12.5 Å². The molecule has 0 aliphatic rings. The molecule has 84 valence electrons. The minimum atomic E-state index is -0.323. The van der Waals surface area contributed by atoms with Gasteiger partial charge in [0.1, 0.15) is 6.54 Å². The molecule has 0 aliphatic carbocycles. The lowest BCUT2D eigenvalue weighted by atomic mass is 10.1. The van der Waals surface area contributed by atoms with E-state index in [1.54, 1.807) is 0 Å². The fourth-order valence-corrected chi connectivity index (χ4v) is 1.85. The first-order chi connectivity index (χ1) is 7.70. The SMILES string of the molecule is CNCc1ccc2ccn(CC(N)=O)c2c1. The van der Waals surface area contributed by atoms with Crippen LogP contribution in [0.4, 0.5) is 0 Å². The van der Waals surface area contributed by atoms with Crippen LogP contribution in [-0.4, -0.2) is 17.5 Å². The van der Waals surface area contributed by atoms with Gasteiger partial charge in [0.2, 0.25) is 5.91 Å². The molecule has 2 rings (SSSR count). The van der Waals surface area contributed by atoms with Gasteiger partial charge < -0.3 is 15.6 Å². The monoisotopic (exact) mass is 217 g/mol. The molecule has 0 bridgehead atoms. The number of amides is 1. The molecular weight excluding hydrogens is 202 g/mol. The Kier molecular flexibility index (Phi) is 2.92. The number of fused-ring (bicyclic) bond motifs is 1. The van der Waals surface area contributed by atoms with E-state index in [0.717, 1.165) is 17.4 Å². The fourth-order valence-electron chi connectivity index (χ4n) is 1.85. The van der Waals surface area contributed by atoms with Crippen LogP contribution in [0.3, 0.4) is 0 Å². The normalized spacial score (nSPS) is 10.8. The van der Waals surface area contributed by atoms with Crippen LogP contribution in [0.1, 0.15) is 5.56 Å². The van der Waals surface area contributed by atoms with Crippen LogP contribution in [0.25, 0.3) is 10.9 Å². The molecule has 4 heteroatoms. The van der Waals surface area contributed by atoms with Crippen molar-refractivity contribution in [2.24, 2.45) is 5.73 Å². The first kappa shape index (κ1) is 10.7. The van der Waals surface area contributed by atoms with Gasteiger partial charge in [-0.3, -0.25) is 4.79 Å². The molecule has 16 heavy (non-hydrogen) atoms. The molecule has 2 aromatic rings. The van der Waals surface area contributed by atoms with Crippen molar-refractivity contribution in [1.82, 2.24) is 9.88 Å². The number of nitrogens with zero attached hydrogens (tertiary/aromatic N) is 1. The predicted octanol–water partition coefficient (Wildman–Crippen LogP) is 0.846. The summed E-state index contributed by atoms with van der Waals surface area (Å²) in [6.07, 6.45) is 1.89. The number of carbonyl (C=O) groups is 1. The number of rotatable bonds is 4. The fraction of sp³-hybridized carbons (Fsp3) is 0.250. The van der Waals surface area contributed by atoms with Crippen molar-refractivity contribution in [3.8, 4) is 0 Å². The van der Waals surface area contributed by atoms with E-state index in [1.807, 2.05) is 23.9 Å². The number of aromatic nitrogens is 1. The Bertz CT molecular complexity index is 516. The van der Waals surface area contributed by atoms with Gasteiger partial charge in [-0.05, 0) is 30.1 Å². The van der Waals surface area contributed by atoms with Gasteiger partial charge in [0.05, 0.1) is 0 Å². The van der Waals surface area contributed by atoms with Gasteiger partial charge in [0.15, 0.2) is 0 Å². The quantitative estimate of drug-likeness (QED) is 0.797. The zero-order valence-electron chi connectivity index (χ0n) is 9.23. The Balaban J connectivity index is 2.42. The predicted molar refractivity (Wildman–Crippen MR) is 63.9 cm³/mol. The number of hydrogen-bond donors (Lipinski definition) is 2. The van der Waals surface area contributed by atoms with Gasteiger partial charge in [-0.25, -0.2) is 0 Å². The molecule has 0 fully saturated rings. The third-order valence-corrected chi connectivity index (χ3v) is 2.55. The first-order valence-electron chi connectivity index (χ1n) is 5.21. The van der Waals surface area contributed by atoms with E-state index in [4.69, 9.17) is 5.73 Å². The van der Waals surface area contributed by atoms with E-state index < -0.39 is 0 Å². The van der Waals surface area contributed by atoms with Crippen molar-refractivity contribution in [2.75, 3.05) is 7.05 Å². The maximum Gasteiger partial charge on any atom is 0.237 e. The molecule has 0 atom stereocenters. The highest BCUT2D eigenvalue weighted by molar-refractivity contribution is 5.83. The van der Waals surface area contributed by atoms with E-state index in [1.165, 1.54) is 5.56 Å². The van der Waals surface area contributed by atoms with Gasteiger partial charge in [-0.15, -0.1) is 0 Å². The number of benzene rings is 1. The maximum atomic E-state index is 10.9. The van der Waals surface area contributed by atoms with Crippen LogP contribution < -0.4 is 11.1 Å². The van der Waals surface area contributed by atoms with E-state index >= 15 is 0 Å². The summed E-state index contributed by atoms with van der Waals surface area (Å²) in [5.41, 5.74) is 7.44. The molecule has 1 aromatic heterocycles. The molecule has 0 saturated carbocycles. The summed E-state index contributed by atoms with van der Waals surface area (Å²) >= 11 is 0. The van der Waals surface area contributed by atoms with Gasteiger partial charge in [-0.1, -0.05) is 12.1 Å². The molecular formula is C12H15N3O. The molecule has 0 saturated heterocycles. The number of carbonyl (C=O) groups excluding carboxylic acids is 1.